The molecule has 0 fully saturated rings. The van der Waals surface area contributed by atoms with E-state index >= 15 is 0 Å². The summed E-state index contributed by atoms with van der Waals surface area (Å²) in [5.41, 5.74) is 1.20. The van der Waals surface area contributed by atoms with Crippen LogP contribution >= 0.6 is 0 Å². The Kier molecular flexibility index (Phi) is 5.62. The van der Waals surface area contributed by atoms with Crippen LogP contribution in [0.1, 0.15) is 11.6 Å². The van der Waals surface area contributed by atoms with Crippen molar-refractivity contribution in [1.29, 1.82) is 0 Å². The van der Waals surface area contributed by atoms with Crippen molar-refractivity contribution in [3.8, 4) is 11.4 Å². The van der Waals surface area contributed by atoms with E-state index in [1.54, 1.807) is 11.5 Å². The van der Waals surface area contributed by atoms with Crippen molar-refractivity contribution in [2.75, 3.05) is 11.9 Å². The number of aromatic amines is 1. The zero-order valence-corrected chi connectivity index (χ0v) is 16.1. The fourth-order valence-corrected chi connectivity index (χ4v) is 2.92. The number of alkyl halides is 3. The molecule has 9 nitrogen and oxygen atoms in total. The number of carbonyl (C=O) groups excluding carboxylic acids is 1. The van der Waals surface area contributed by atoms with E-state index in [0.29, 0.717) is 16.6 Å². The summed E-state index contributed by atoms with van der Waals surface area (Å²) in [6.07, 6.45) is 3.42. The van der Waals surface area contributed by atoms with Crippen LogP contribution in [0, 0.1) is 5.82 Å². The van der Waals surface area contributed by atoms with Gasteiger partial charge in [-0.15, -0.1) is 0 Å². The number of H-pyrrole nitrogens is 1. The lowest BCUT2D eigenvalue weighted by Gasteiger charge is -2.20. The first-order valence-electron chi connectivity index (χ1n) is 9.13. The van der Waals surface area contributed by atoms with Crippen molar-refractivity contribution in [3.63, 3.8) is 0 Å². The Bertz CT molecular complexity index is 1250. The molecule has 4 heterocycles. The molecule has 3 N–H and O–H groups in total. The molecule has 0 saturated heterocycles. The quantitative estimate of drug-likeness (QED) is 0.390. The number of aromatic nitrogens is 6. The monoisotopic (exact) mass is 446 g/mol. The third kappa shape index (κ3) is 4.61. The molecular weight excluding hydrogens is 432 g/mol. The number of nitrogens with one attached hydrogen (secondary N) is 3. The van der Waals surface area contributed by atoms with Crippen molar-refractivity contribution in [3.05, 3.63) is 60.8 Å². The highest BCUT2D eigenvalue weighted by Crippen LogP contribution is 2.27. The van der Waals surface area contributed by atoms with E-state index in [-0.39, 0.29) is 17.2 Å². The largest absolute Gasteiger partial charge is 0.405 e. The summed E-state index contributed by atoms with van der Waals surface area (Å²) in [5, 5.41) is 4.93. The molecule has 0 bridgehead atoms. The number of fused-ring (bicyclic) bond motifs is 1. The second-order valence-corrected chi connectivity index (χ2v) is 6.57. The molecule has 0 saturated carbocycles. The number of amides is 1. The Morgan fingerprint density at radius 3 is 2.75 bits per heavy atom. The summed E-state index contributed by atoms with van der Waals surface area (Å²) in [6, 6.07) is 1.57. The van der Waals surface area contributed by atoms with E-state index in [0.717, 1.165) is 6.20 Å². The third-order valence-electron chi connectivity index (χ3n) is 4.36. The van der Waals surface area contributed by atoms with Gasteiger partial charge in [0.15, 0.2) is 17.5 Å². The topological polar surface area (TPSA) is 121 Å². The van der Waals surface area contributed by atoms with Crippen molar-refractivity contribution >= 4 is 22.8 Å². The number of pyridine rings is 1. The Balaban J connectivity index is 1.67. The predicted molar refractivity (Wildman–Crippen MR) is 105 cm³/mol. The molecular formula is C19H14F4N8O. The predicted octanol–water partition coefficient (Wildman–Crippen LogP) is 2.78. The molecule has 0 aliphatic rings. The number of rotatable bonds is 6. The maximum Gasteiger partial charge on any atom is 0.405 e. The Hall–Kier alpha value is -4.16. The maximum atomic E-state index is 14.5. The van der Waals surface area contributed by atoms with Gasteiger partial charge in [0.05, 0.1) is 6.20 Å². The van der Waals surface area contributed by atoms with E-state index in [1.807, 2.05) is 0 Å². The summed E-state index contributed by atoms with van der Waals surface area (Å²) in [6.45, 7) is -1.54. The molecule has 1 amide bonds. The number of hydrogen-bond donors (Lipinski definition) is 3. The van der Waals surface area contributed by atoms with E-state index in [4.69, 9.17) is 0 Å². The van der Waals surface area contributed by atoms with Crippen LogP contribution in [0.15, 0.2) is 49.4 Å². The highest BCUT2D eigenvalue weighted by atomic mass is 19.4. The number of nitrogens with zero attached hydrogens (tertiary/aromatic N) is 5. The van der Waals surface area contributed by atoms with Gasteiger partial charge < -0.3 is 15.6 Å². The summed E-state index contributed by atoms with van der Waals surface area (Å²) >= 11 is 0. The number of hydrogen-bond acceptors (Lipinski definition) is 7. The second-order valence-electron chi connectivity index (χ2n) is 6.57. The van der Waals surface area contributed by atoms with E-state index in [1.165, 1.54) is 37.1 Å². The number of carbonyl (C=O) groups is 1. The summed E-state index contributed by atoms with van der Waals surface area (Å²) in [5.74, 6) is -2.22. The minimum atomic E-state index is -4.61. The lowest BCUT2D eigenvalue weighted by molar-refractivity contribution is -0.138. The average Bonchev–Trinajstić information content (AvgIpc) is 3.21. The Labute approximate surface area is 177 Å². The molecule has 0 aliphatic heterocycles. The van der Waals surface area contributed by atoms with Gasteiger partial charge in [0.1, 0.15) is 24.6 Å². The Morgan fingerprint density at radius 2 is 2.00 bits per heavy atom. The fraction of sp³-hybridized carbons (Fsp3) is 0.158. The fourth-order valence-electron chi connectivity index (χ4n) is 2.92. The van der Waals surface area contributed by atoms with Gasteiger partial charge >= 0.3 is 6.18 Å². The van der Waals surface area contributed by atoms with Gasteiger partial charge in [-0.1, -0.05) is 6.07 Å². The van der Waals surface area contributed by atoms with Crippen LogP contribution in [0.25, 0.3) is 22.4 Å². The van der Waals surface area contributed by atoms with Gasteiger partial charge in [-0.3, -0.25) is 9.78 Å². The molecule has 1 unspecified atom stereocenters. The molecule has 0 aliphatic carbocycles. The van der Waals surface area contributed by atoms with E-state index in [2.05, 4.69) is 35.2 Å². The standard InChI is InChI=1S/C19H14F4N8O/c20-13-7-27-16(12-6-26-15-11(12)5-25-9-29-15)31-17(13)30-14(10-2-1-3-24-4-10)18(32)28-8-19(21,22)23/h1-7,9,14H,8H2,(H,28,32)(H,25,26,29)(H,27,30,31). The van der Waals surface area contributed by atoms with Crippen molar-refractivity contribution in [2.45, 2.75) is 12.2 Å². The van der Waals surface area contributed by atoms with Gasteiger partial charge in [0.25, 0.3) is 0 Å². The molecule has 0 radical (unpaired) electrons. The normalized spacial score (nSPS) is 12.5. The van der Waals surface area contributed by atoms with Crippen LogP contribution in [0.2, 0.25) is 0 Å². The van der Waals surface area contributed by atoms with Gasteiger partial charge in [-0.2, -0.15) is 13.2 Å². The van der Waals surface area contributed by atoms with Crippen molar-refractivity contribution in [2.24, 2.45) is 0 Å². The van der Waals surface area contributed by atoms with E-state index < -0.39 is 30.5 Å². The van der Waals surface area contributed by atoms with Gasteiger partial charge in [-0.25, -0.2) is 24.3 Å². The molecule has 1 atom stereocenters. The zero-order chi connectivity index (χ0) is 22.7. The molecule has 13 heteroatoms. The number of halogens is 4. The lowest BCUT2D eigenvalue weighted by Crippen LogP contribution is -2.39. The SMILES string of the molecule is O=C(NCC(F)(F)F)C(Nc1nc(-c2c[nH]c3ncncc23)ncc1F)c1cccnc1. The molecule has 4 rings (SSSR count). The van der Waals surface area contributed by atoms with Crippen LogP contribution in [-0.2, 0) is 4.79 Å². The van der Waals surface area contributed by atoms with Crippen LogP contribution in [0.5, 0.6) is 0 Å². The molecule has 32 heavy (non-hydrogen) atoms. The summed E-state index contributed by atoms with van der Waals surface area (Å²) in [7, 11) is 0. The Morgan fingerprint density at radius 1 is 1.16 bits per heavy atom. The minimum Gasteiger partial charge on any atom is -0.352 e. The molecule has 4 aromatic heterocycles. The van der Waals surface area contributed by atoms with Crippen LogP contribution in [0.4, 0.5) is 23.4 Å². The molecule has 164 valence electrons. The summed E-state index contributed by atoms with van der Waals surface area (Å²) < 4.78 is 52.2. The highest BCUT2D eigenvalue weighted by molar-refractivity contribution is 5.91. The van der Waals surface area contributed by atoms with Gasteiger partial charge in [0, 0.05) is 41.3 Å². The average molecular weight is 446 g/mol. The first-order chi connectivity index (χ1) is 15.3. The minimum absolute atomic E-state index is 0.0931. The number of anilines is 1. The third-order valence-corrected chi connectivity index (χ3v) is 4.36. The van der Waals surface area contributed by atoms with Crippen LogP contribution in [0.3, 0.4) is 0 Å². The molecule has 4 aromatic rings. The first kappa shape index (κ1) is 21.1. The smallest absolute Gasteiger partial charge is 0.352 e. The highest BCUT2D eigenvalue weighted by Gasteiger charge is 2.31. The van der Waals surface area contributed by atoms with Crippen molar-refractivity contribution < 1.29 is 22.4 Å². The lowest BCUT2D eigenvalue weighted by atomic mass is 10.1. The second kappa shape index (κ2) is 8.53. The van der Waals surface area contributed by atoms with Gasteiger partial charge in [-0.05, 0) is 6.07 Å². The molecule has 0 aromatic carbocycles. The van der Waals surface area contributed by atoms with Crippen LogP contribution in [-0.4, -0.2) is 48.5 Å². The van der Waals surface area contributed by atoms with Gasteiger partial charge in [0.2, 0.25) is 5.91 Å². The van der Waals surface area contributed by atoms with Crippen molar-refractivity contribution in [1.82, 2.24) is 35.2 Å². The van der Waals surface area contributed by atoms with Crippen LogP contribution < -0.4 is 10.6 Å². The first-order valence-corrected chi connectivity index (χ1v) is 9.13. The zero-order valence-electron chi connectivity index (χ0n) is 16.1. The van der Waals surface area contributed by atoms with E-state index in [9.17, 15) is 22.4 Å². The molecule has 0 spiro atoms. The maximum absolute atomic E-state index is 14.5. The summed E-state index contributed by atoms with van der Waals surface area (Å²) in [4.78, 5) is 35.4.